The van der Waals surface area contributed by atoms with Crippen molar-refractivity contribution in [2.75, 3.05) is 19.7 Å². The van der Waals surface area contributed by atoms with Gasteiger partial charge in [-0.25, -0.2) is 5.90 Å². The molecule has 1 amide bonds. The van der Waals surface area contributed by atoms with Gasteiger partial charge in [0.15, 0.2) is 0 Å². The molecule has 5 N–H and O–H groups in total. The average molecular weight is 161 g/mol. The van der Waals surface area contributed by atoms with E-state index in [1.807, 2.05) is 0 Å². The maximum absolute atomic E-state index is 10.7. The minimum Gasteiger partial charge on any atom is -0.356 e. The van der Waals surface area contributed by atoms with Crippen LogP contribution in [-0.2, 0) is 9.63 Å². The van der Waals surface area contributed by atoms with Gasteiger partial charge in [-0.1, -0.05) is 0 Å². The number of nitrogens with two attached hydrogens (primary N) is 2. The first-order valence-electron chi connectivity index (χ1n) is 3.59. The Kier molecular flexibility index (Phi) is 7.02. The summed E-state index contributed by atoms with van der Waals surface area (Å²) in [4.78, 5) is 15.1. The zero-order valence-electron chi connectivity index (χ0n) is 6.51. The fraction of sp³-hybridized carbons (Fsp3) is 0.833. The zero-order valence-corrected chi connectivity index (χ0v) is 6.51. The molecule has 5 nitrogen and oxygen atoms in total. The Balaban J connectivity index is 3.04. The van der Waals surface area contributed by atoms with E-state index in [2.05, 4.69) is 10.2 Å². The molecule has 5 heteroatoms. The van der Waals surface area contributed by atoms with Crippen LogP contribution in [0.15, 0.2) is 0 Å². The molecule has 0 saturated carbocycles. The summed E-state index contributed by atoms with van der Waals surface area (Å²) >= 11 is 0. The monoisotopic (exact) mass is 161 g/mol. The van der Waals surface area contributed by atoms with Gasteiger partial charge in [-0.3, -0.25) is 4.79 Å². The van der Waals surface area contributed by atoms with Crippen LogP contribution in [0.3, 0.4) is 0 Å². The summed E-state index contributed by atoms with van der Waals surface area (Å²) in [5, 5.41) is 2.66. The molecular formula is C6H15N3O2. The molecule has 11 heavy (non-hydrogen) atoms. The number of amides is 1. The third-order valence-electron chi connectivity index (χ3n) is 1.13. The van der Waals surface area contributed by atoms with Crippen LogP contribution < -0.4 is 16.9 Å². The molecule has 66 valence electrons. The van der Waals surface area contributed by atoms with Crippen LogP contribution in [-0.4, -0.2) is 25.6 Å². The number of nitrogens with one attached hydrogen (secondary N) is 1. The van der Waals surface area contributed by atoms with Gasteiger partial charge in [-0.2, -0.15) is 0 Å². The van der Waals surface area contributed by atoms with Crippen molar-refractivity contribution in [3.8, 4) is 0 Å². The maximum atomic E-state index is 10.7. The predicted molar refractivity (Wildman–Crippen MR) is 41.4 cm³/mol. The van der Waals surface area contributed by atoms with E-state index in [1.165, 1.54) is 0 Å². The van der Waals surface area contributed by atoms with E-state index in [4.69, 9.17) is 11.6 Å². The lowest BCUT2D eigenvalue weighted by Gasteiger charge is -2.02. The Labute approximate surface area is 66.0 Å². The predicted octanol–water partition coefficient (Wildman–Crippen LogP) is -1.27. The van der Waals surface area contributed by atoms with E-state index in [9.17, 15) is 4.79 Å². The van der Waals surface area contributed by atoms with Crippen molar-refractivity contribution in [1.82, 2.24) is 5.32 Å². The van der Waals surface area contributed by atoms with E-state index < -0.39 is 0 Å². The van der Waals surface area contributed by atoms with E-state index in [0.717, 1.165) is 6.42 Å². The Morgan fingerprint density at radius 1 is 1.55 bits per heavy atom. The fourth-order valence-electron chi connectivity index (χ4n) is 0.603. The van der Waals surface area contributed by atoms with Crippen LogP contribution in [0.1, 0.15) is 12.8 Å². The highest BCUT2D eigenvalue weighted by Gasteiger charge is 1.96. The molecule has 0 unspecified atom stereocenters. The first-order chi connectivity index (χ1) is 5.31. The van der Waals surface area contributed by atoms with Gasteiger partial charge in [-0.15, -0.1) is 0 Å². The molecule has 0 aromatic rings. The van der Waals surface area contributed by atoms with Gasteiger partial charge < -0.3 is 15.9 Å². The molecule has 0 saturated heterocycles. The topological polar surface area (TPSA) is 90.4 Å². The number of hydrogen-bond acceptors (Lipinski definition) is 4. The molecule has 0 radical (unpaired) electrons. The number of carbonyl (C=O) groups is 1. The van der Waals surface area contributed by atoms with Gasteiger partial charge in [-0.05, 0) is 6.42 Å². The van der Waals surface area contributed by atoms with Crippen molar-refractivity contribution >= 4 is 5.91 Å². The van der Waals surface area contributed by atoms with Crippen LogP contribution in [0.5, 0.6) is 0 Å². The number of carbonyl (C=O) groups excluding carboxylic acids is 1. The van der Waals surface area contributed by atoms with Gasteiger partial charge in [0.25, 0.3) is 0 Å². The summed E-state index contributed by atoms with van der Waals surface area (Å²) in [5.74, 6) is 4.75. The molecule has 0 atom stereocenters. The highest BCUT2D eigenvalue weighted by Crippen LogP contribution is 1.78. The van der Waals surface area contributed by atoms with Gasteiger partial charge in [0.1, 0.15) is 0 Å². The van der Waals surface area contributed by atoms with Crippen molar-refractivity contribution < 1.29 is 9.63 Å². The van der Waals surface area contributed by atoms with E-state index in [0.29, 0.717) is 26.1 Å². The van der Waals surface area contributed by atoms with Crippen molar-refractivity contribution in [1.29, 1.82) is 0 Å². The van der Waals surface area contributed by atoms with Gasteiger partial charge in [0.05, 0.1) is 6.61 Å². The molecule has 0 aromatic heterocycles. The fourth-order valence-corrected chi connectivity index (χ4v) is 0.603. The second kappa shape index (κ2) is 7.46. The minimum absolute atomic E-state index is 0.0236. The molecule has 0 rings (SSSR count). The van der Waals surface area contributed by atoms with Crippen molar-refractivity contribution in [3.63, 3.8) is 0 Å². The standard InChI is InChI=1S/C6H15N3O2/c7-3-2-6(10)9-4-1-5-11-8/h1-5,7-8H2,(H,9,10). The van der Waals surface area contributed by atoms with Gasteiger partial charge in [0.2, 0.25) is 5.91 Å². The normalized spacial score (nSPS) is 9.64. The van der Waals surface area contributed by atoms with Gasteiger partial charge >= 0.3 is 0 Å². The smallest absolute Gasteiger partial charge is 0.221 e. The molecule has 0 spiro atoms. The lowest BCUT2D eigenvalue weighted by Crippen LogP contribution is -2.27. The second-order valence-corrected chi connectivity index (χ2v) is 2.11. The highest BCUT2D eigenvalue weighted by molar-refractivity contribution is 5.75. The van der Waals surface area contributed by atoms with E-state index in [-0.39, 0.29) is 5.91 Å². The zero-order chi connectivity index (χ0) is 8.53. The number of hydrogen-bond donors (Lipinski definition) is 3. The Bertz CT molecular complexity index is 108. The van der Waals surface area contributed by atoms with Crippen LogP contribution in [0.25, 0.3) is 0 Å². The lowest BCUT2D eigenvalue weighted by molar-refractivity contribution is -0.120. The quantitative estimate of drug-likeness (QED) is 0.335. The molecular weight excluding hydrogens is 146 g/mol. The SMILES string of the molecule is NCCC(=O)NCCCON. The third kappa shape index (κ3) is 7.24. The van der Waals surface area contributed by atoms with Crippen LogP contribution >= 0.6 is 0 Å². The second-order valence-electron chi connectivity index (χ2n) is 2.11. The summed E-state index contributed by atoms with van der Waals surface area (Å²) in [6.07, 6.45) is 1.11. The van der Waals surface area contributed by atoms with Crippen LogP contribution in [0, 0.1) is 0 Å². The molecule has 0 aliphatic heterocycles. The van der Waals surface area contributed by atoms with Crippen molar-refractivity contribution in [2.45, 2.75) is 12.8 Å². The molecule has 0 heterocycles. The lowest BCUT2D eigenvalue weighted by atomic mass is 10.4. The average Bonchev–Trinajstić information content (AvgIpc) is 1.99. The Morgan fingerprint density at radius 3 is 2.82 bits per heavy atom. The molecule has 0 bridgehead atoms. The largest absolute Gasteiger partial charge is 0.356 e. The summed E-state index contributed by atoms with van der Waals surface area (Å²) in [5.41, 5.74) is 5.15. The molecule has 0 aliphatic carbocycles. The third-order valence-corrected chi connectivity index (χ3v) is 1.13. The maximum Gasteiger partial charge on any atom is 0.221 e. The molecule has 0 aromatic carbocycles. The van der Waals surface area contributed by atoms with E-state index >= 15 is 0 Å². The summed E-state index contributed by atoms with van der Waals surface area (Å²) in [6.45, 7) is 1.44. The first-order valence-corrected chi connectivity index (χ1v) is 3.59. The van der Waals surface area contributed by atoms with Crippen molar-refractivity contribution in [2.24, 2.45) is 11.6 Å². The Hall–Kier alpha value is -0.650. The van der Waals surface area contributed by atoms with Gasteiger partial charge in [0, 0.05) is 19.5 Å². The Morgan fingerprint density at radius 2 is 2.27 bits per heavy atom. The van der Waals surface area contributed by atoms with Crippen molar-refractivity contribution in [3.05, 3.63) is 0 Å². The highest BCUT2D eigenvalue weighted by atomic mass is 16.6. The van der Waals surface area contributed by atoms with Crippen LogP contribution in [0.4, 0.5) is 0 Å². The van der Waals surface area contributed by atoms with E-state index in [1.54, 1.807) is 0 Å². The minimum atomic E-state index is -0.0236. The number of rotatable bonds is 6. The first kappa shape index (κ1) is 10.3. The summed E-state index contributed by atoms with van der Waals surface area (Å²) < 4.78 is 0. The van der Waals surface area contributed by atoms with Crippen LogP contribution in [0.2, 0.25) is 0 Å². The summed E-state index contributed by atoms with van der Waals surface area (Å²) in [7, 11) is 0. The summed E-state index contributed by atoms with van der Waals surface area (Å²) in [6, 6.07) is 0. The molecule has 0 fully saturated rings. The molecule has 0 aliphatic rings.